The van der Waals surface area contributed by atoms with E-state index in [9.17, 15) is 5.11 Å². The molecule has 1 N–H and O–H groups in total. The highest BCUT2D eigenvalue weighted by atomic mass is 16.5. The van der Waals surface area contributed by atoms with Crippen molar-refractivity contribution in [3.8, 4) is 0 Å². The van der Waals surface area contributed by atoms with Crippen LogP contribution in [0, 0.1) is 5.92 Å². The van der Waals surface area contributed by atoms with Gasteiger partial charge >= 0.3 is 0 Å². The predicted molar refractivity (Wildman–Crippen MR) is 64.4 cm³/mol. The third-order valence-electron chi connectivity index (χ3n) is 3.98. The van der Waals surface area contributed by atoms with Crippen molar-refractivity contribution in [1.82, 2.24) is 4.90 Å². The van der Waals surface area contributed by atoms with Crippen LogP contribution in [0.2, 0.25) is 0 Å². The summed E-state index contributed by atoms with van der Waals surface area (Å²) >= 11 is 0. The maximum Gasteiger partial charge on any atom is 0.0963 e. The van der Waals surface area contributed by atoms with Crippen molar-refractivity contribution in [2.24, 2.45) is 5.92 Å². The molecule has 3 heteroatoms. The number of nitrogens with zero attached hydrogens (tertiary/aromatic N) is 1. The van der Waals surface area contributed by atoms with Crippen molar-refractivity contribution in [1.29, 1.82) is 0 Å². The Hall–Kier alpha value is -0.120. The van der Waals surface area contributed by atoms with E-state index in [1.165, 1.54) is 32.1 Å². The van der Waals surface area contributed by atoms with Gasteiger partial charge < -0.3 is 9.84 Å². The summed E-state index contributed by atoms with van der Waals surface area (Å²) in [5, 5.41) is 10.3. The molecule has 0 amide bonds. The second-order valence-electron chi connectivity index (χ2n) is 5.24. The molecule has 2 aliphatic rings. The first-order valence-electron chi connectivity index (χ1n) is 6.83. The lowest BCUT2D eigenvalue weighted by molar-refractivity contribution is -0.104. The molecule has 94 valence electrons. The normalized spacial score (nSPS) is 30.8. The van der Waals surface area contributed by atoms with Crippen LogP contribution in [0.3, 0.4) is 0 Å². The number of morpholine rings is 1. The highest BCUT2D eigenvalue weighted by molar-refractivity contribution is 4.84. The summed E-state index contributed by atoms with van der Waals surface area (Å²) in [6, 6.07) is 0. The fourth-order valence-corrected chi connectivity index (χ4v) is 3.06. The van der Waals surface area contributed by atoms with Crippen LogP contribution in [0.1, 0.15) is 39.0 Å². The molecule has 2 fully saturated rings. The Morgan fingerprint density at radius 1 is 1.38 bits per heavy atom. The number of rotatable bonds is 4. The Labute approximate surface area is 98.8 Å². The maximum absolute atomic E-state index is 10.3. The molecule has 0 radical (unpaired) electrons. The molecule has 0 aromatic carbocycles. The molecule has 3 nitrogen and oxygen atoms in total. The standard InChI is InChI=1S/C13H25NO2/c1-2-7-14-8-9-16-12(10-14)13(15)11-5-3-4-6-11/h11-13,15H,2-10H2,1H3. The first-order chi connectivity index (χ1) is 7.81. The number of hydrogen-bond donors (Lipinski definition) is 1. The van der Waals surface area contributed by atoms with E-state index in [4.69, 9.17) is 4.74 Å². The van der Waals surface area contributed by atoms with E-state index in [2.05, 4.69) is 11.8 Å². The number of aliphatic hydroxyl groups excluding tert-OH is 1. The van der Waals surface area contributed by atoms with Gasteiger partial charge in [0.2, 0.25) is 0 Å². The summed E-state index contributed by atoms with van der Waals surface area (Å²) in [5.74, 6) is 0.492. The molecule has 1 aliphatic heterocycles. The van der Waals surface area contributed by atoms with Crippen LogP contribution in [0.25, 0.3) is 0 Å². The fraction of sp³-hybridized carbons (Fsp3) is 1.00. The number of ether oxygens (including phenoxy) is 1. The van der Waals surface area contributed by atoms with Gasteiger partial charge in [-0.2, -0.15) is 0 Å². The average molecular weight is 227 g/mol. The Balaban J connectivity index is 1.82. The van der Waals surface area contributed by atoms with Crippen LogP contribution in [0.4, 0.5) is 0 Å². The number of hydrogen-bond acceptors (Lipinski definition) is 3. The lowest BCUT2D eigenvalue weighted by atomic mass is 9.95. The monoisotopic (exact) mass is 227 g/mol. The van der Waals surface area contributed by atoms with Gasteiger partial charge in [0, 0.05) is 13.1 Å². The van der Waals surface area contributed by atoms with E-state index in [-0.39, 0.29) is 12.2 Å². The van der Waals surface area contributed by atoms with Gasteiger partial charge in [0.15, 0.2) is 0 Å². The van der Waals surface area contributed by atoms with Gasteiger partial charge in [0.25, 0.3) is 0 Å². The van der Waals surface area contributed by atoms with Crippen molar-refractivity contribution in [2.75, 3.05) is 26.2 Å². The van der Waals surface area contributed by atoms with Gasteiger partial charge in [0.05, 0.1) is 18.8 Å². The molecule has 16 heavy (non-hydrogen) atoms. The fourth-order valence-electron chi connectivity index (χ4n) is 3.06. The second-order valence-corrected chi connectivity index (χ2v) is 5.24. The molecule has 2 atom stereocenters. The van der Waals surface area contributed by atoms with E-state index >= 15 is 0 Å². The van der Waals surface area contributed by atoms with E-state index in [1.54, 1.807) is 0 Å². The molecule has 0 aromatic heterocycles. The summed E-state index contributed by atoms with van der Waals surface area (Å²) < 4.78 is 5.74. The summed E-state index contributed by atoms with van der Waals surface area (Å²) in [4.78, 5) is 2.42. The Bertz CT molecular complexity index is 202. The largest absolute Gasteiger partial charge is 0.390 e. The zero-order chi connectivity index (χ0) is 11.4. The minimum atomic E-state index is -0.234. The third-order valence-corrected chi connectivity index (χ3v) is 3.98. The SMILES string of the molecule is CCCN1CCOC(C(O)C2CCCC2)C1. The summed E-state index contributed by atoms with van der Waals surface area (Å²) in [5.41, 5.74) is 0. The van der Waals surface area contributed by atoms with Gasteiger partial charge in [-0.3, -0.25) is 4.90 Å². The molecule has 0 spiro atoms. The van der Waals surface area contributed by atoms with Crippen molar-refractivity contribution < 1.29 is 9.84 Å². The molecular formula is C13H25NO2. The molecular weight excluding hydrogens is 202 g/mol. The third kappa shape index (κ3) is 2.96. The Morgan fingerprint density at radius 2 is 2.12 bits per heavy atom. The number of aliphatic hydroxyl groups is 1. The van der Waals surface area contributed by atoms with Crippen LogP contribution in [0.15, 0.2) is 0 Å². The van der Waals surface area contributed by atoms with Crippen LogP contribution in [-0.4, -0.2) is 48.5 Å². The Kier molecular flexibility index (Phi) is 4.62. The minimum Gasteiger partial charge on any atom is -0.390 e. The summed E-state index contributed by atoms with van der Waals surface area (Å²) in [6.45, 7) is 6.08. The van der Waals surface area contributed by atoms with Crippen LogP contribution < -0.4 is 0 Å². The van der Waals surface area contributed by atoms with Gasteiger partial charge in [-0.05, 0) is 31.7 Å². The van der Waals surface area contributed by atoms with Crippen LogP contribution in [0.5, 0.6) is 0 Å². The highest BCUT2D eigenvalue weighted by Crippen LogP contribution is 2.30. The zero-order valence-electron chi connectivity index (χ0n) is 10.4. The Morgan fingerprint density at radius 3 is 2.81 bits per heavy atom. The molecule has 0 bridgehead atoms. The smallest absolute Gasteiger partial charge is 0.0963 e. The lowest BCUT2D eigenvalue weighted by Gasteiger charge is -2.36. The lowest BCUT2D eigenvalue weighted by Crippen LogP contribution is -2.49. The minimum absolute atomic E-state index is 0.0587. The zero-order valence-corrected chi connectivity index (χ0v) is 10.4. The van der Waals surface area contributed by atoms with Crippen LogP contribution >= 0.6 is 0 Å². The van der Waals surface area contributed by atoms with E-state index in [0.717, 1.165) is 26.2 Å². The van der Waals surface area contributed by atoms with E-state index in [0.29, 0.717) is 5.92 Å². The first kappa shape index (κ1) is 12.3. The molecule has 2 unspecified atom stereocenters. The molecule has 1 saturated carbocycles. The van der Waals surface area contributed by atoms with Crippen molar-refractivity contribution >= 4 is 0 Å². The van der Waals surface area contributed by atoms with Gasteiger partial charge in [-0.25, -0.2) is 0 Å². The molecule has 0 aromatic rings. The van der Waals surface area contributed by atoms with Crippen molar-refractivity contribution in [3.05, 3.63) is 0 Å². The molecule has 1 aliphatic carbocycles. The van der Waals surface area contributed by atoms with E-state index < -0.39 is 0 Å². The van der Waals surface area contributed by atoms with Crippen LogP contribution in [-0.2, 0) is 4.74 Å². The summed E-state index contributed by atoms with van der Waals surface area (Å²) in [7, 11) is 0. The molecule has 2 rings (SSSR count). The topological polar surface area (TPSA) is 32.7 Å². The molecule has 1 heterocycles. The quantitative estimate of drug-likeness (QED) is 0.792. The average Bonchev–Trinajstić information content (AvgIpc) is 2.82. The first-order valence-corrected chi connectivity index (χ1v) is 6.83. The van der Waals surface area contributed by atoms with Gasteiger partial charge in [-0.1, -0.05) is 19.8 Å². The van der Waals surface area contributed by atoms with Crippen molar-refractivity contribution in [2.45, 2.75) is 51.2 Å². The van der Waals surface area contributed by atoms with E-state index in [1.807, 2.05) is 0 Å². The van der Waals surface area contributed by atoms with Gasteiger partial charge in [-0.15, -0.1) is 0 Å². The maximum atomic E-state index is 10.3. The highest BCUT2D eigenvalue weighted by Gasteiger charge is 2.33. The second kappa shape index (κ2) is 5.99. The predicted octanol–water partition coefficient (Wildman–Crippen LogP) is 1.65. The van der Waals surface area contributed by atoms with Gasteiger partial charge in [0.1, 0.15) is 0 Å². The molecule has 1 saturated heterocycles. The van der Waals surface area contributed by atoms with Crippen molar-refractivity contribution in [3.63, 3.8) is 0 Å². The summed E-state index contributed by atoms with van der Waals surface area (Å²) in [6.07, 6.45) is 5.96.